The molecule has 0 atom stereocenters. The first-order valence-corrected chi connectivity index (χ1v) is 13.7. The topological polar surface area (TPSA) is 96.0 Å². The van der Waals surface area contributed by atoms with Crippen LogP contribution in [0, 0.1) is 11.8 Å². The number of hydrogen-bond acceptors (Lipinski definition) is 6. The Morgan fingerprint density at radius 2 is 1.68 bits per heavy atom. The zero-order valence-corrected chi connectivity index (χ0v) is 21.2. The first kappa shape index (κ1) is 24.7. The summed E-state index contributed by atoms with van der Waals surface area (Å²) in [6.07, 6.45) is 4.06. The second-order valence-electron chi connectivity index (χ2n) is 9.29. The van der Waals surface area contributed by atoms with Gasteiger partial charge in [0.05, 0.1) is 10.4 Å². The highest BCUT2D eigenvalue weighted by Gasteiger charge is 2.23. The lowest BCUT2D eigenvalue weighted by atomic mass is 9.82. The van der Waals surface area contributed by atoms with Crippen LogP contribution < -0.4 is 15.4 Å². The second-order valence-corrected chi connectivity index (χ2v) is 11.5. The van der Waals surface area contributed by atoms with Crippen molar-refractivity contribution in [1.82, 2.24) is 14.7 Å². The molecule has 3 aromatic rings. The fourth-order valence-corrected chi connectivity index (χ4v) is 5.78. The van der Waals surface area contributed by atoms with Crippen molar-refractivity contribution in [2.45, 2.75) is 50.5 Å². The molecule has 1 fully saturated rings. The van der Waals surface area contributed by atoms with Crippen molar-refractivity contribution in [2.75, 3.05) is 23.7 Å². The Labute approximate surface area is 206 Å². The number of fused-ring (bicyclic) bond motifs is 1. The standard InChI is InChI=1S/C25H32ClN5O2S/c1-17(2)29-24-22-8-3-4-9-23(22)30-25(31-24)27-15-18-10-12-19(13-11-18)16-28-34(32,33)21-7-5-6-20(26)14-21/h3-9,14,17-19,28H,10-13,15-16H2,1-2H3,(H2,27,29,30,31). The van der Waals surface area contributed by atoms with Crippen LogP contribution >= 0.6 is 11.6 Å². The molecule has 0 bridgehead atoms. The van der Waals surface area contributed by atoms with Gasteiger partial charge < -0.3 is 10.6 Å². The van der Waals surface area contributed by atoms with Gasteiger partial charge in [-0.25, -0.2) is 18.1 Å². The Morgan fingerprint density at radius 3 is 2.38 bits per heavy atom. The molecule has 9 heteroatoms. The van der Waals surface area contributed by atoms with Crippen LogP contribution in [0.4, 0.5) is 11.8 Å². The summed E-state index contributed by atoms with van der Waals surface area (Å²) in [5, 5.41) is 8.28. The van der Waals surface area contributed by atoms with Crippen LogP contribution in [0.1, 0.15) is 39.5 Å². The molecule has 4 rings (SSSR count). The van der Waals surface area contributed by atoms with E-state index in [4.69, 9.17) is 16.6 Å². The molecule has 3 N–H and O–H groups in total. The number of nitrogens with one attached hydrogen (secondary N) is 3. The van der Waals surface area contributed by atoms with E-state index in [1.807, 2.05) is 24.3 Å². The second kappa shape index (κ2) is 10.9. The maximum absolute atomic E-state index is 12.5. The normalized spacial score (nSPS) is 18.8. The lowest BCUT2D eigenvalue weighted by Gasteiger charge is -2.28. The van der Waals surface area contributed by atoms with Gasteiger partial charge >= 0.3 is 0 Å². The average molecular weight is 502 g/mol. The van der Waals surface area contributed by atoms with Gasteiger partial charge in [0.25, 0.3) is 0 Å². The van der Waals surface area contributed by atoms with E-state index < -0.39 is 10.0 Å². The van der Waals surface area contributed by atoms with E-state index in [0.29, 0.717) is 29.4 Å². The van der Waals surface area contributed by atoms with Crippen molar-refractivity contribution in [3.8, 4) is 0 Å². The first-order chi connectivity index (χ1) is 16.3. The number of para-hydroxylation sites is 1. The molecule has 1 saturated carbocycles. The zero-order chi connectivity index (χ0) is 24.1. The lowest BCUT2D eigenvalue weighted by Crippen LogP contribution is -2.32. The number of nitrogens with zero attached hydrogens (tertiary/aromatic N) is 2. The SMILES string of the molecule is CC(C)Nc1nc(NCC2CCC(CNS(=O)(=O)c3cccc(Cl)c3)CC2)nc2ccccc12. The van der Waals surface area contributed by atoms with Gasteiger partial charge in [-0.15, -0.1) is 0 Å². The number of benzene rings is 2. The van der Waals surface area contributed by atoms with Gasteiger partial charge in [-0.2, -0.15) is 4.98 Å². The minimum atomic E-state index is -3.54. The Kier molecular flexibility index (Phi) is 7.91. The van der Waals surface area contributed by atoms with Gasteiger partial charge in [0.1, 0.15) is 5.82 Å². The van der Waals surface area contributed by atoms with Crippen LogP contribution in [0.25, 0.3) is 10.9 Å². The fourth-order valence-electron chi connectivity index (χ4n) is 4.36. The molecule has 0 unspecified atom stereocenters. The average Bonchev–Trinajstić information content (AvgIpc) is 2.82. The first-order valence-electron chi connectivity index (χ1n) is 11.8. The molecular formula is C25H32ClN5O2S. The van der Waals surface area contributed by atoms with Crippen LogP contribution in [0.15, 0.2) is 53.4 Å². The molecular weight excluding hydrogens is 470 g/mol. The summed E-state index contributed by atoms with van der Waals surface area (Å²) in [5.74, 6) is 2.33. The van der Waals surface area contributed by atoms with Crippen LogP contribution in [0.3, 0.4) is 0 Å². The summed E-state index contributed by atoms with van der Waals surface area (Å²) in [5.41, 5.74) is 0.916. The number of rotatable bonds is 9. The highest BCUT2D eigenvalue weighted by Crippen LogP contribution is 2.29. The molecule has 0 saturated heterocycles. The monoisotopic (exact) mass is 501 g/mol. The summed E-state index contributed by atoms with van der Waals surface area (Å²) >= 11 is 5.94. The maximum Gasteiger partial charge on any atom is 0.240 e. The lowest BCUT2D eigenvalue weighted by molar-refractivity contribution is 0.284. The van der Waals surface area contributed by atoms with Gasteiger partial charge in [0, 0.05) is 29.5 Å². The van der Waals surface area contributed by atoms with Crippen molar-refractivity contribution in [3.63, 3.8) is 0 Å². The van der Waals surface area contributed by atoms with Gasteiger partial charge in [0.15, 0.2) is 0 Å². The predicted molar refractivity (Wildman–Crippen MR) is 139 cm³/mol. The van der Waals surface area contributed by atoms with Gasteiger partial charge in [-0.3, -0.25) is 0 Å². The van der Waals surface area contributed by atoms with Gasteiger partial charge in [0.2, 0.25) is 16.0 Å². The van der Waals surface area contributed by atoms with Gasteiger partial charge in [-0.1, -0.05) is 29.8 Å². The van der Waals surface area contributed by atoms with Crippen LogP contribution in [0.2, 0.25) is 5.02 Å². The maximum atomic E-state index is 12.5. The summed E-state index contributed by atoms with van der Waals surface area (Å²) in [6, 6.07) is 14.7. The predicted octanol–water partition coefficient (Wildman–Crippen LogP) is 5.30. The highest BCUT2D eigenvalue weighted by molar-refractivity contribution is 7.89. The molecule has 1 aromatic heterocycles. The van der Waals surface area contributed by atoms with Crippen molar-refractivity contribution < 1.29 is 8.42 Å². The minimum absolute atomic E-state index is 0.208. The van der Waals surface area contributed by atoms with Crippen LogP contribution in [-0.4, -0.2) is 37.5 Å². The quantitative estimate of drug-likeness (QED) is 0.368. The zero-order valence-electron chi connectivity index (χ0n) is 19.6. The number of anilines is 2. The van der Waals surface area contributed by atoms with E-state index in [1.165, 1.54) is 6.07 Å². The van der Waals surface area contributed by atoms with Crippen molar-refractivity contribution in [2.24, 2.45) is 11.8 Å². The smallest absolute Gasteiger partial charge is 0.240 e. The Hall–Kier alpha value is -2.42. The molecule has 182 valence electrons. The molecule has 1 aliphatic carbocycles. The van der Waals surface area contributed by atoms with E-state index in [9.17, 15) is 8.42 Å². The molecule has 34 heavy (non-hydrogen) atoms. The molecule has 1 aliphatic rings. The molecule has 2 aromatic carbocycles. The Balaban J connectivity index is 1.29. The Morgan fingerprint density at radius 1 is 0.971 bits per heavy atom. The van der Waals surface area contributed by atoms with Crippen LogP contribution in [-0.2, 0) is 10.0 Å². The van der Waals surface area contributed by atoms with Crippen molar-refractivity contribution >= 4 is 44.3 Å². The van der Waals surface area contributed by atoms with Gasteiger partial charge in [-0.05, 0) is 81.7 Å². The van der Waals surface area contributed by atoms with E-state index in [0.717, 1.165) is 48.9 Å². The summed E-state index contributed by atoms with van der Waals surface area (Å²) < 4.78 is 27.8. The highest BCUT2D eigenvalue weighted by atomic mass is 35.5. The van der Waals surface area contributed by atoms with E-state index in [-0.39, 0.29) is 10.9 Å². The Bertz CT molecular complexity index is 1230. The van der Waals surface area contributed by atoms with Crippen LogP contribution in [0.5, 0.6) is 0 Å². The number of hydrogen-bond donors (Lipinski definition) is 3. The third kappa shape index (κ3) is 6.37. The molecule has 0 radical (unpaired) electrons. The molecule has 7 nitrogen and oxygen atoms in total. The van der Waals surface area contributed by atoms with E-state index >= 15 is 0 Å². The molecule has 0 aliphatic heterocycles. The largest absolute Gasteiger partial charge is 0.367 e. The minimum Gasteiger partial charge on any atom is -0.367 e. The molecule has 1 heterocycles. The molecule has 0 spiro atoms. The number of sulfonamides is 1. The summed E-state index contributed by atoms with van der Waals surface area (Å²) in [6.45, 7) is 5.45. The number of aromatic nitrogens is 2. The third-order valence-electron chi connectivity index (χ3n) is 6.21. The fraction of sp³-hybridized carbons (Fsp3) is 0.440. The van der Waals surface area contributed by atoms with Crippen molar-refractivity contribution in [3.05, 3.63) is 53.6 Å². The number of halogens is 1. The summed E-state index contributed by atoms with van der Waals surface area (Å²) in [7, 11) is -3.54. The summed E-state index contributed by atoms with van der Waals surface area (Å²) in [4.78, 5) is 9.61. The van der Waals surface area contributed by atoms with E-state index in [1.54, 1.807) is 18.2 Å². The third-order valence-corrected chi connectivity index (χ3v) is 7.87. The van der Waals surface area contributed by atoms with E-state index in [2.05, 4.69) is 34.2 Å². The molecule has 0 amide bonds. The van der Waals surface area contributed by atoms with Crippen molar-refractivity contribution in [1.29, 1.82) is 0 Å².